The summed E-state index contributed by atoms with van der Waals surface area (Å²) in [6.07, 6.45) is 1.66. The summed E-state index contributed by atoms with van der Waals surface area (Å²) in [5, 5.41) is 5.24. The molecule has 2 heterocycles. The number of nitrogens with two attached hydrogens (primary N) is 1. The van der Waals surface area contributed by atoms with Gasteiger partial charge >= 0.3 is 0 Å². The molecule has 2 amide bonds. The Bertz CT molecular complexity index is 1100. The SMILES string of the molecule is NC(=O)c1cc(-c2csc(NC(=O)C(c3ccccc3)c3ccccc3)n2)c[nH]1. The Labute approximate surface area is 171 Å². The van der Waals surface area contributed by atoms with Crippen molar-refractivity contribution in [2.75, 3.05) is 5.32 Å². The number of H-pyrrole nitrogens is 1. The second-order valence-electron chi connectivity index (χ2n) is 6.45. The molecule has 4 rings (SSSR count). The van der Waals surface area contributed by atoms with Crippen molar-refractivity contribution in [2.45, 2.75) is 5.92 Å². The Morgan fingerprint density at radius 3 is 2.17 bits per heavy atom. The number of primary amides is 1. The van der Waals surface area contributed by atoms with Crippen molar-refractivity contribution in [3.8, 4) is 11.3 Å². The lowest BCUT2D eigenvalue weighted by atomic mass is 9.90. The van der Waals surface area contributed by atoms with Crippen LogP contribution >= 0.6 is 11.3 Å². The maximum absolute atomic E-state index is 13.1. The van der Waals surface area contributed by atoms with E-state index in [1.165, 1.54) is 11.3 Å². The molecule has 0 saturated carbocycles. The number of carbonyl (C=O) groups excluding carboxylic acids is 2. The van der Waals surface area contributed by atoms with Crippen molar-refractivity contribution < 1.29 is 9.59 Å². The molecule has 0 aliphatic rings. The highest BCUT2D eigenvalue weighted by atomic mass is 32.1. The van der Waals surface area contributed by atoms with Crippen LogP contribution in [0.5, 0.6) is 0 Å². The predicted octanol–water partition coefficient (Wildman–Crippen LogP) is 4.01. The maximum Gasteiger partial charge on any atom is 0.265 e. The molecule has 2 aromatic heterocycles. The second-order valence-corrected chi connectivity index (χ2v) is 7.31. The van der Waals surface area contributed by atoms with Crippen molar-refractivity contribution in [1.29, 1.82) is 0 Å². The Hall–Kier alpha value is -3.71. The van der Waals surface area contributed by atoms with E-state index in [4.69, 9.17) is 5.73 Å². The zero-order valence-electron chi connectivity index (χ0n) is 15.3. The summed E-state index contributed by atoms with van der Waals surface area (Å²) in [4.78, 5) is 31.7. The summed E-state index contributed by atoms with van der Waals surface area (Å²) in [6.45, 7) is 0. The molecule has 2 aromatic carbocycles. The quantitative estimate of drug-likeness (QED) is 0.454. The van der Waals surface area contributed by atoms with Crippen molar-refractivity contribution in [2.24, 2.45) is 5.73 Å². The fourth-order valence-electron chi connectivity index (χ4n) is 3.11. The van der Waals surface area contributed by atoms with E-state index in [1.54, 1.807) is 12.3 Å². The van der Waals surface area contributed by atoms with Gasteiger partial charge in [0.2, 0.25) is 5.91 Å². The lowest BCUT2D eigenvalue weighted by Crippen LogP contribution is -2.22. The third-order valence-corrected chi connectivity index (χ3v) is 5.26. The van der Waals surface area contributed by atoms with E-state index >= 15 is 0 Å². The van der Waals surface area contributed by atoms with Gasteiger partial charge < -0.3 is 16.0 Å². The van der Waals surface area contributed by atoms with Gasteiger partial charge in [-0.15, -0.1) is 11.3 Å². The molecular weight excluding hydrogens is 384 g/mol. The van der Waals surface area contributed by atoms with Crippen LogP contribution in [0.3, 0.4) is 0 Å². The molecule has 7 heteroatoms. The van der Waals surface area contributed by atoms with E-state index in [1.807, 2.05) is 66.0 Å². The minimum atomic E-state index is -0.534. The highest BCUT2D eigenvalue weighted by molar-refractivity contribution is 7.14. The fraction of sp³-hybridized carbons (Fsp3) is 0.0455. The first-order valence-electron chi connectivity index (χ1n) is 8.96. The zero-order chi connectivity index (χ0) is 20.2. The lowest BCUT2D eigenvalue weighted by molar-refractivity contribution is -0.116. The van der Waals surface area contributed by atoms with E-state index in [2.05, 4.69) is 15.3 Å². The molecule has 29 heavy (non-hydrogen) atoms. The number of nitrogens with zero attached hydrogens (tertiary/aromatic N) is 1. The van der Waals surface area contributed by atoms with E-state index in [9.17, 15) is 9.59 Å². The number of benzene rings is 2. The summed E-state index contributed by atoms with van der Waals surface area (Å²) < 4.78 is 0. The van der Waals surface area contributed by atoms with Gasteiger partial charge in [0.05, 0.1) is 11.6 Å². The molecule has 4 aromatic rings. The number of anilines is 1. The fourth-order valence-corrected chi connectivity index (χ4v) is 3.83. The number of nitrogens with one attached hydrogen (secondary N) is 2. The molecule has 0 atom stereocenters. The molecule has 0 bridgehead atoms. The van der Waals surface area contributed by atoms with Crippen LogP contribution in [0.1, 0.15) is 27.5 Å². The van der Waals surface area contributed by atoms with Crippen LogP contribution < -0.4 is 11.1 Å². The molecule has 4 N–H and O–H groups in total. The van der Waals surface area contributed by atoms with E-state index in [-0.39, 0.29) is 5.91 Å². The monoisotopic (exact) mass is 402 g/mol. The number of thiazole rings is 1. The van der Waals surface area contributed by atoms with Crippen molar-refractivity contribution in [3.05, 3.63) is 95.1 Å². The Morgan fingerprint density at radius 1 is 1.00 bits per heavy atom. The Kier molecular flexibility index (Phi) is 5.22. The van der Waals surface area contributed by atoms with E-state index < -0.39 is 11.8 Å². The maximum atomic E-state index is 13.1. The van der Waals surface area contributed by atoms with Gasteiger partial charge in [0.15, 0.2) is 5.13 Å². The minimum absolute atomic E-state index is 0.157. The van der Waals surface area contributed by atoms with Crippen LogP contribution in [-0.2, 0) is 4.79 Å². The van der Waals surface area contributed by atoms with Crippen molar-refractivity contribution in [1.82, 2.24) is 9.97 Å². The third kappa shape index (κ3) is 4.09. The van der Waals surface area contributed by atoms with E-state index in [0.29, 0.717) is 16.5 Å². The van der Waals surface area contributed by atoms with Gasteiger partial charge in [-0.3, -0.25) is 9.59 Å². The van der Waals surface area contributed by atoms with E-state index in [0.717, 1.165) is 16.7 Å². The van der Waals surface area contributed by atoms with Crippen molar-refractivity contribution in [3.63, 3.8) is 0 Å². The smallest absolute Gasteiger partial charge is 0.265 e. The highest BCUT2D eigenvalue weighted by Crippen LogP contribution is 2.29. The van der Waals surface area contributed by atoms with Gasteiger partial charge in [0, 0.05) is 17.1 Å². The summed E-state index contributed by atoms with van der Waals surface area (Å²) in [5.74, 6) is -1.14. The number of aromatic amines is 1. The number of rotatable bonds is 6. The Morgan fingerprint density at radius 2 is 1.62 bits per heavy atom. The summed E-state index contributed by atoms with van der Waals surface area (Å²) in [6, 6.07) is 20.9. The van der Waals surface area contributed by atoms with Crippen molar-refractivity contribution >= 4 is 28.3 Å². The highest BCUT2D eigenvalue weighted by Gasteiger charge is 2.23. The lowest BCUT2D eigenvalue weighted by Gasteiger charge is -2.17. The van der Waals surface area contributed by atoms with Gasteiger partial charge in [-0.2, -0.15) is 0 Å². The summed E-state index contributed by atoms with van der Waals surface area (Å²) in [5.41, 5.74) is 8.79. The van der Waals surface area contributed by atoms with Gasteiger partial charge in [-0.1, -0.05) is 60.7 Å². The minimum Gasteiger partial charge on any atom is -0.364 e. The molecule has 0 fully saturated rings. The van der Waals surface area contributed by atoms with Crippen LogP contribution in [0.4, 0.5) is 5.13 Å². The number of hydrogen-bond donors (Lipinski definition) is 3. The first-order chi connectivity index (χ1) is 14.1. The summed E-state index contributed by atoms with van der Waals surface area (Å²) >= 11 is 1.33. The van der Waals surface area contributed by atoms with Crippen LogP contribution in [0.15, 0.2) is 78.3 Å². The van der Waals surface area contributed by atoms with Gasteiger partial charge in [0.25, 0.3) is 5.91 Å². The molecule has 0 aliphatic carbocycles. The molecule has 0 aliphatic heterocycles. The standard InChI is InChI=1S/C22H18N4O2S/c23-20(27)17-11-16(12-24-17)18-13-29-22(25-18)26-21(28)19(14-7-3-1-4-8-14)15-9-5-2-6-10-15/h1-13,19,24H,(H2,23,27)(H,25,26,28). The van der Waals surface area contributed by atoms with Gasteiger partial charge in [0.1, 0.15) is 5.69 Å². The van der Waals surface area contributed by atoms with Crippen LogP contribution in [0, 0.1) is 0 Å². The number of carbonyl (C=O) groups is 2. The number of hydrogen-bond acceptors (Lipinski definition) is 4. The second kappa shape index (κ2) is 8.12. The van der Waals surface area contributed by atoms with Crippen LogP contribution in [0.25, 0.3) is 11.3 Å². The Balaban J connectivity index is 1.58. The molecule has 0 saturated heterocycles. The average Bonchev–Trinajstić information content (AvgIpc) is 3.39. The summed E-state index contributed by atoms with van der Waals surface area (Å²) in [7, 11) is 0. The normalized spacial score (nSPS) is 10.8. The largest absolute Gasteiger partial charge is 0.364 e. The van der Waals surface area contributed by atoms with Crippen LogP contribution in [-0.4, -0.2) is 21.8 Å². The predicted molar refractivity (Wildman–Crippen MR) is 114 cm³/mol. The average molecular weight is 402 g/mol. The first kappa shape index (κ1) is 18.6. The van der Waals surface area contributed by atoms with Gasteiger partial charge in [-0.05, 0) is 17.2 Å². The topological polar surface area (TPSA) is 101 Å². The molecular formula is C22H18N4O2S. The molecule has 0 radical (unpaired) electrons. The number of amides is 2. The molecule has 0 unspecified atom stereocenters. The zero-order valence-corrected chi connectivity index (χ0v) is 16.1. The third-order valence-electron chi connectivity index (χ3n) is 4.51. The van der Waals surface area contributed by atoms with Gasteiger partial charge in [-0.25, -0.2) is 4.98 Å². The first-order valence-corrected chi connectivity index (χ1v) is 9.84. The number of aromatic nitrogens is 2. The molecule has 0 spiro atoms. The van der Waals surface area contributed by atoms with Crippen LogP contribution in [0.2, 0.25) is 0 Å². The molecule has 6 nitrogen and oxygen atoms in total. The molecule has 144 valence electrons.